The normalized spacial score (nSPS) is 10.1. The first-order valence-electron chi connectivity index (χ1n) is 4.66. The Bertz CT molecular complexity index is 457. The van der Waals surface area contributed by atoms with Crippen LogP contribution < -0.4 is 10.1 Å². The van der Waals surface area contributed by atoms with E-state index in [1.807, 2.05) is 31.3 Å². The summed E-state index contributed by atoms with van der Waals surface area (Å²) in [6.45, 7) is 0.392. The van der Waals surface area contributed by atoms with Crippen LogP contribution in [0.15, 0.2) is 24.3 Å². The summed E-state index contributed by atoms with van der Waals surface area (Å²) in [4.78, 5) is 0. The van der Waals surface area contributed by atoms with E-state index < -0.39 is 0 Å². The van der Waals surface area contributed by atoms with Crippen molar-refractivity contribution in [1.29, 1.82) is 0 Å². The van der Waals surface area contributed by atoms with Crippen molar-refractivity contribution in [3.63, 3.8) is 0 Å². The van der Waals surface area contributed by atoms with Crippen LogP contribution in [0.25, 0.3) is 0 Å². The van der Waals surface area contributed by atoms with E-state index in [2.05, 4.69) is 15.5 Å². The summed E-state index contributed by atoms with van der Waals surface area (Å²) in [5.74, 6) is 0.797. The number of hydrogen-bond acceptors (Lipinski definition) is 5. The lowest BCUT2D eigenvalue weighted by molar-refractivity contribution is 0.304. The quantitative estimate of drug-likeness (QED) is 0.913. The maximum Gasteiger partial charge on any atom is 0.207 e. The minimum absolute atomic E-state index is 0.392. The Morgan fingerprint density at radius 3 is 2.62 bits per heavy atom. The largest absolute Gasteiger partial charge is 0.486 e. The Hall–Kier alpha value is -1.33. The van der Waals surface area contributed by atoms with Crippen molar-refractivity contribution < 1.29 is 4.74 Å². The number of nitrogens with zero attached hydrogens (tertiary/aromatic N) is 2. The molecule has 0 atom stereocenters. The van der Waals surface area contributed by atoms with Crippen molar-refractivity contribution in [3.05, 3.63) is 33.7 Å². The molecule has 0 unspecified atom stereocenters. The summed E-state index contributed by atoms with van der Waals surface area (Å²) in [5.41, 5.74) is 1.05. The Morgan fingerprint density at radius 1 is 1.31 bits per heavy atom. The van der Waals surface area contributed by atoms with Crippen LogP contribution in [0.5, 0.6) is 5.75 Å². The second-order valence-electron chi connectivity index (χ2n) is 3.01. The summed E-state index contributed by atoms with van der Waals surface area (Å²) < 4.78 is 5.96. The third-order valence-corrected chi connectivity index (χ3v) is 2.94. The lowest BCUT2D eigenvalue weighted by atomic mass is 10.3. The maximum absolute atomic E-state index is 5.66. The molecule has 1 aromatic heterocycles. The average Bonchev–Trinajstić information content (AvgIpc) is 2.73. The summed E-state index contributed by atoms with van der Waals surface area (Å²) in [6, 6.07) is 7.69. The van der Waals surface area contributed by atoms with Gasteiger partial charge in [0.1, 0.15) is 12.4 Å². The molecule has 0 bridgehead atoms. The molecule has 1 aromatic carbocycles. The minimum Gasteiger partial charge on any atom is -0.486 e. The van der Waals surface area contributed by atoms with Crippen LogP contribution in [0.3, 0.4) is 0 Å². The van der Waals surface area contributed by atoms with E-state index in [1.54, 1.807) is 0 Å². The molecule has 1 N–H and O–H groups in total. The molecule has 0 fully saturated rings. The van der Waals surface area contributed by atoms with Gasteiger partial charge in [-0.25, -0.2) is 0 Å². The van der Waals surface area contributed by atoms with Gasteiger partial charge in [-0.1, -0.05) is 11.3 Å². The lowest BCUT2D eigenvalue weighted by Crippen LogP contribution is -1.95. The number of nitrogens with one attached hydrogen (secondary N) is 1. The third-order valence-electron chi connectivity index (χ3n) is 1.95. The summed E-state index contributed by atoms with van der Waals surface area (Å²) in [6.07, 6.45) is 0. The predicted molar refractivity (Wildman–Crippen MR) is 65.2 cm³/mol. The van der Waals surface area contributed by atoms with Crippen LogP contribution in [-0.4, -0.2) is 17.2 Å². The standard InChI is InChI=1S/C10H10ClN3OS/c1-12-7-2-4-8(5-3-7)15-6-9-13-14-10(11)16-9/h2-5,12H,6H2,1H3. The number of rotatable bonds is 4. The highest BCUT2D eigenvalue weighted by Crippen LogP contribution is 2.19. The Morgan fingerprint density at radius 2 is 2.06 bits per heavy atom. The molecule has 84 valence electrons. The Labute approximate surface area is 102 Å². The fourth-order valence-corrected chi connectivity index (χ4v) is 1.93. The van der Waals surface area contributed by atoms with Gasteiger partial charge in [0.15, 0.2) is 5.01 Å². The molecular weight excluding hydrogens is 246 g/mol. The molecule has 6 heteroatoms. The molecule has 0 radical (unpaired) electrons. The molecule has 2 rings (SSSR count). The number of ether oxygens (including phenoxy) is 1. The Kier molecular flexibility index (Phi) is 3.58. The van der Waals surface area contributed by atoms with E-state index >= 15 is 0 Å². The minimum atomic E-state index is 0.392. The first-order valence-corrected chi connectivity index (χ1v) is 5.86. The van der Waals surface area contributed by atoms with Gasteiger partial charge in [-0.15, -0.1) is 10.2 Å². The van der Waals surface area contributed by atoms with Gasteiger partial charge >= 0.3 is 0 Å². The van der Waals surface area contributed by atoms with Crippen molar-refractivity contribution in [1.82, 2.24) is 10.2 Å². The molecule has 0 saturated heterocycles. The number of benzene rings is 1. The monoisotopic (exact) mass is 255 g/mol. The zero-order chi connectivity index (χ0) is 11.4. The van der Waals surface area contributed by atoms with Gasteiger partial charge in [-0.2, -0.15) is 0 Å². The number of anilines is 1. The van der Waals surface area contributed by atoms with Crippen LogP contribution >= 0.6 is 22.9 Å². The summed E-state index contributed by atoms with van der Waals surface area (Å²) in [5, 5.41) is 11.4. The molecular formula is C10H10ClN3OS. The van der Waals surface area contributed by atoms with E-state index in [0.717, 1.165) is 16.4 Å². The molecule has 16 heavy (non-hydrogen) atoms. The maximum atomic E-state index is 5.66. The van der Waals surface area contributed by atoms with Gasteiger partial charge in [0.05, 0.1) is 0 Å². The summed E-state index contributed by atoms with van der Waals surface area (Å²) >= 11 is 6.98. The molecule has 0 spiro atoms. The molecule has 1 heterocycles. The van der Waals surface area contributed by atoms with Crippen LogP contribution in [0.2, 0.25) is 4.47 Å². The van der Waals surface area contributed by atoms with E-state index in [1.165, 1.54) is 11.3 Å². The zero-order valence-corrected chi connectivity index (χ0v) is 10.2. The van der Waals surface area contributed by atoms with E-state index in [-0.39, 0.29) is 0 Å². The molecule has 0 aliphatic carbocycles. The van der Waals surface area contributed by atoms with Gasteiger partial charge in [-0.3, -0.25) is 0 Å². The molecule has 4 nitrogen and oxygen atoms in total. The smallest absolute Gasteiger partial charge is 0.207 e. The van der Waals surface area contributed by atoms with Gasteiger partial charge in [-0.05, 0) is 35.9 Å². The second-order valence-corrected chi connectivity index (χ2v) is 4.66. The van der Waals surface area contributed by atoms with Crippen molar-refractivity contribution in [2.45, 2.75) is 6.61 Å². The number of aromatic nitrogens is 2. The van der Waals surface area contributed by atoms with Crippen molar-refractivity contribution in [2.75, 3.05) is 12.4 Å². The molecule has 0 aliphatic rings. The van der Waals surface area contributed by atoms with Crippen LogP contribution in [-0.2, 0) is 6.61 Å². The van der Waals surface area contributed by atoms with E-state index in [0.29, 0.717) is 11.1 Å². The van der Waals surface area contributed by atoms with Crippen molar-refractivity contribution in [2.24, 2.45) is 0 Å². The highest BCUT2D eigenvalue weighted by atomic mass is 35.5. The molecule has 0 aliphatic heterocycles. The highest BCUT2D eigenvalue weighted by molar-refractivity contribution is 7.15. The van der Waals surface area contributed by atoms with Crippen LogP contribution in [0.1, 0.15) is 5.01 Å². The zero-order valence-electron chi connectivity index (χ0n) is 8.61. The fraction of sp³-hybridized carbons (Fsp3) is 0.200. The van der Waals surface area contributed by atoms with Gasteiger partial charge in [0.25, 0.3) is 0 Å². The first kappa shape index (κ1) is 11.2. The average molecular weight is 256 g/mol. The van der Waals surface area contributed by atoms with Crippen LogP contribution in [0.4, 0.5) is 5.69 Å². The first-order chi connectivity index (χ1) is 7.78. The van der Waals surface area contributed by atoms with Crippen molar-refractivity contribution >= 4 is 28.6 Å². The van der Waals surface area contributed by atoms with E-state index in [9.17, 15) is 0 Å². The number of hydrogen-bond donors (Lipinski definition) is 1. The predicted octanol–water partition coefficient (Wildman–Crippen LogP) is 2.81. The highest BCUT2D eigenvalue weighted by Gasteiger charge is 2.02. The fourth-order valence-electron chi connectivity index (χ4n) is 1.15. The van der Waals surface area contributed by atoms with Crippen molar-refractivity contribution in [3.8, 4) is 5.75 Å². The molecule has 2 aromatic rings. The van der Waals surface area contributed by atoms with Crippen LogP contribution in [0, 0.1) is 0 Å². The topological polar surface area (TPSA) is 47.0 Å². The second kappa shape index (κ2) is 5.14. The number of halogens is 1. The third kappa shape index (κ3) is 2.84. The molecule has 0 amide bonds. The van der Waals surface area contributed by atoms with Gasteiger partial charge in [0.2, 0.25) is 4.47 Å². The summed E-state index contributed by atoms with van der Waals surface area (Å²) in [7, 11) is 1.87. The SMILES string of the molecule is CNc1ccc(OCc2nnc(Cl)s2)cc1. The lowest BCUT2D eigenvalue weighted by Gasteiger charge is -2.04. The van der Waals surface area contributed by atoms with E-state index in [4.69, 9.17) is 16.3 Å². The Balaban J connectivity index is 1.94. The van der Waals surface area contributed by atoms with Gasteiger partial charge in [0, 0.05) is 12.7 Å². The van der Waals surface area contributed by atoms with Gasteiger partial charge < -0.3 is 10.1 Å². The molecule has 0 saturated carbocycles.